The van der Waals surface area contributed by atoms with Gasteiger partial charge in [-0.25, -0.2) is 8.42 Å². The number of nitrogens with zero attached hydrogens (tertiary/aromatic N) is 2. The number of carbonyl (C=O) groups excluding carboxylic acids is 2. The maximum atomic E-state index is 14.2. The fraction of sp³-hybridized carbons (Fsp3) is 0.375. The number of anilines is 1. The van der Waals surface area contributed by atoms with Crippen molar-refractivity contribution < 1.29 is 27.5 Å². The number of halogens is 2. The Bertz CT molecular complexity index is 1550. The Morgan fingerprint density at radius 1 is 0.909 bits per heavy atom. The first-order valence-electron chi connectivity index (χ1n) is 14.4. The molecule has 1 saturated carbocycles. The molecule has 12 heteroatoms. The zero-order chi connectivity index (χ0) is 31.9. The number of amides is 2. The number of methoxy groups -OCH3 is 2. The molecule has 3 aromatic rings. The molecule has 1 aliphatic rings. The first kappa shape index (κ1) is 33.4. The van der Waals surface area contributed by atoms with Gasteiger partial charge in [0, 0.05) is 34.3 Å². The van der Waals surface area contributed by atoms with Crippen molar-refractivity contribution >= 4 is 50.7 Å². The Morgan fingerprint density at radius 3 is 2.16 bits per heavy atom. The second-order valence-electron chi connectivity index (χ2n) is 10.6. The van der Waals surface area contributed by atoms with E-state index in [1.165, 1.54) is 43.4 Å². The molecule has 236 valence electrons. The van der Waals surface area contributed by atoms with Crippen LogP contribution in [-0.4, -0.2) is 58.0 Å². The summed E-state index contributed by atoms with van der Waals surface area (Å²) in [5, 5.41) is 3.72. The van der Waals surface area contributed by atoms with Crippen LogP contribution in [0.5, 0.6) is 11.5 Å². The summed E-state index contributed by atoms with van der Waals surface area (Å²) < 4.78 is 39.8. The molecule has 1 N–H and O–H groups in total. The molecule has 9 nitrogen and oxygen atoms in total. The van der Waals surface area contributed by atoms with Crippen LogP contribution >= 0.6 is 23.2 Å². The summed E-state index contributed by atoms with van der Waals surface area (Å²) in [6.07, 6.45) is 4.90. The number of sulfonamides is 1. The molecule has 2 amide bonds. The standard InChI is InChI=1S/C32H37Cl2N3O6S/c1-22(32(39)35-23-11-6-4-7-12-23)36(20-26-27(33)15-10-16-28(26)34)31(38)21-37(44(40,41)25-13-8-5-9-14-25)24-17-18-29(42-2)30(19-24)43-3/h5,8-10,13-19,22-23H,4,6-7,11-12,20-21H2,1-3H3,(H,35,39)/t22-/m0/s1. The van der Waals surface area contributed by atoms with Gasteiger partial charge < -0.3 is 19.7 Å². The largest absolute Gasteiger partial charge is 0.493 e. The maximum absolute atomic E-state index is 14.2. The fourth-order valence-electron chi connectivity index (χ4n) is 5.23. The maximum Gasteiger partial charge on any atom is 0.264 e. The predicted octanol–water partition coefficient (Wildman–Crippen LogP) is 6.07. The van der Waals surface area contributed by atoms with Gasteiger partial charge in [-0.3, -0.25) is 13.9 Å². The highest BCUT2D eigenvalue weighted by molar-refractivity contribution is 7.92. The summed E-state index contributed by atoms with van der Waals surface area (Å²) >= 11 is 13.0. The molecule has 44 heavy (non-hydrogen) atoms. The highest BCUT2D eigenvalue weighted by atomic mass is 35.5. The molecule has 0 spiro atoms. The number of ether oxygens (including phenoxy) is 2. The summed E-state index contributed by atoms with van der Waals surface area (Å²) in [6, 6.07) is 16.4. The Morgan fingerprint density at radius 2 is 1.55 bits per heavy atom. The molecule has 1 aliphatic carbocycles. The van der Waals surface area contributed by atoms with Gasteiger partial charge in [0.05, 0.1) is 24.8 Å². The summed E-state index contributed by atoms with van der Waals surface area (Å²) in [5.41, 5.74) is 0.625. The molecule has 1 fully saturated rings. The molecular weight excluding hydrogens is 625 g/mol. The average Bonchev–Trinajstić information content (AvgIpc) is 3.03. The summed E-state index contributed by atoms with van der Waals surface area (Å²) in [5.74, 6) is -0.285. The van der Waals surface area contributed by atoms with Crippen molar-refractivity contribution in [1.29, 1.82) is 0 Å². The van der Waals surface area contributed by atoms with Crippen molar-refractivity contribution in [3.05, 3.63) is 82.3 Å². The van der Waals surface area contributed by atoms with Crippen LogP contribution in [0.4, 0.5) is 5.69 Å². The topological polar surface area (TPSA) is 105 Å². The Labute approximate surface area is 269 Å². The van der Waals surface area contributed by atoms with E-state index in [2.05, 4.69) is 5.32 Å². The molecule has 0 saturated heterocycles. The van der Waals surface area contributed by atoms with Crippen LogP contribution in [0.1, 0.15) is 44.6 Å². The zero-order valence-corrected chi connectivity index (χ0v) is 27.3. The number of hydrogen-bond acceptors (Lipinski definition) is 6. The highest BCUT2D eigenvalue weighted by Crippen LogP contribution is 2.34. The van der Waals surface area contributed by atoms with Crippen LogP contribution < -0.4 is 19.1 Å². The van der Waals surface area contributed by atoms with Crippen molar-refractivity contribution in [2.75, 3.05) is 25.1 Å². The molecule has 0 aromatic heterocycles. The van der Waals surface area contributed by atoms with Gasteiger partial charge in [-0.05, 0) is 56.2 Å². The van der Waals surface area contributed by atoms with E-state index in [9.17, 15) is 18.0 Å². The first-order chi connectivity index (χ1) is 21.1. The van der Waals surface area contributed by atoms with E-state index in [1.54, 1.807) is 49.4 Å². The van der Waals surface area contributed by atoms with E-state index in [1.807, 2.05) is 0 Å². The minimum absolute atomic E-state index is 0.00799. The van der Waals surface area contributed by atoms with Gasteiger partial charge in [0.1, 0.15) is 12.6 Å². The first-order valence-corrected chi connectivity index (χ1v) is 16.6. The van der Waals surface area contributed by atoms with Crippen LogP contribution in [0.3, 0.4) is 0 Å². The van der Waals surface area contributed by atoms with Crippen molar-refractivity contribution in [3.8, 4) is 11.5 Å². The number of hydrogen-bond donors (Lipinski definition) is 1. The van der Waals surface area contributed by atoms with Gasteiger partial charge in [-0.15, -0.1) is 0 Å². The van der Waals surface area contributed by atoms with Crippen LogP contribution in [0.2, 0.25) is 10.0 Å². The molecular formula is C32H37Cl2N3O6S. The van der Waals surface area contributed by atoms with Crippen molar-refractivity contribution in [3.63, 3.8) is 0 Å². The third-order valence-electron chi connectivity index (χ3n) is 7.77. The van der Waals surface area contributed by atoms with E-state index in [0.717, 1.165) is 36.4 Å². The number of carbonyl (C=O) groups is 2. The molecule has 1 atom stereocenters. The lowest BCUT2D eigenvalue weighted by Crippen LogP contribution is -2.53. The third kappa shape index (κ3) is 7.78. The molecule has 0 heterocycles. The lowest BCUT2D eigenvalue weighted by atomic mass is 9.95. The van der Waals surface area contributed by atoms with Crippen molar-refractivity contribution in [2.45, 2.75) is 62.6 Å². The van der Waals surface area contributed by atoms with Crippen molar-refractivity contribution in [1.82, 2.24) is 10.2 Å². The quantitative estimate of drug-likeness (QED) is 0.253. The molecule has 0 unspecified atom stereocenters. The fourth-order valence-corrected chi connectivity index (χ4v) is 7.18. The van der Waals surface area contributed by atoms with Gasteiger partial charge >= 0.3 is 0 Å². The SMILES string of the molecule is COc1ccc(N(CC(=O)N(Cc2c(Cl)cccc2Cl)[C@@H](C)C(=O)NC2CCCCC2)S(=O)(=O)c2ccccc2)cc1OC. The van der Waals surface area contributed by atoms with Crippen LogP contribution in [0.15, 0.2) is 71.6 Å². The molecule has 3 aromatic carbocycles. The second kappa shape index (κ2) is 15.0. The lowest BCUT2D eigenvalue weighted by molar-refractivity contribution is -0.139. The second-order valence-corrected chi connectivity index (χ2v) is 13.3. The number of rotatable bonds is 12. The van der Waals surface area contributed by atoms with Gasteiger partial charge in [0.25, 0.3) is 10.0 Å². The van der Waals surface area contributed by atoms with Crippen LogP contribution in [-0.2, 0) is 26.2 Å². The zero-order valence-electron chi connectivity index (χ0n) is 25.0. The van der Waals surface area contributed by atoms with Crippen molar-refractivity contribution in [2.24, 2.45) is 0 Å². The Hall–Kier alpha value is -3.47. The van der Waals surface area contributed by atoms with E-state index in [-0.39, 0.29) is 34.8 Å². The predicted molar refractivity (Wildman–Crippen MR) is 172 cm³/mol. The van der Waals surface area contributed by atoms with Crippen LogP contribution in [0.25, 0.3) is 0 Å². The molecule has 4 rings (SSSR count). The number of benzene rings is 3. The normalized spacial score (nSPS) is 14.4. The average molecular weight is 663 g/mol. The van der Waals surface area contributed by atoms with Gasteiger partial charge in [-0.1, -0.05) is 66.7 Å². The van der Waals surface area contributed by atoms with Crippen LogP contribution in [0, 0.1) is 0 Å². The Kier molecular flexibility index (Phi) is 11.4. The highest BCUT2D eigenvalue weighted by Gasteiger charge is 2.34. The van der Waals surface area contributed by atoms with Gasteiger partial charge in [0.2, 0.25) is 11.8 Å². The van der Waals surface area contributed by atoms with Gasteiger partial charge in [0.15, 0.2) is 11.5 Å². The third-order valence-corrected chi connectivity index (χ3v) is 10.3. The van der Waals surface area contributed by atoms with E-state index < -0.39 is 28.5 Å². The van der Waals surface area contributed by atoms with E-state index in [0.29, 0.717) is 21.4 Å². The summed E-state index contributed by atoms with van der Waals surface area (Å²) in [4.78, 5) is 29.1. The number of nitrogens with one attached hydrogen (secondary N) is 1. The van der Waals surface area contributed by atoms with E-state index >= 15 is 0 Å². The molecule has 0 radical (unpaired) electrons. The molecule has 0 bridgehead atoms. The summed E-state index contributed by atoms with van der Waals surface area (Å²) in [6.45, 7) is 0.894. The smallest absolute Gasteiger partial charge is 0.264 e. The van der Waals surface area contributed by atoms with E-state index in [4.69, 9.17) is 32.7 Å². The summed E-state index contributed by atoms with van der Waals surface area (Å²) in [7, 11) is -1.34. The minimum atomic E-state index is -4.25. The Balaban J connectivity index is 1.74. The van der Waals surface area contributed by atoms with Gasteiger partial charge in [-0.2, -0.15) is 0 Å². The lowest BCUT2D eigenvalue weighted by Gasteiger charge is -2.33. The minimum Gasteiger partial charge on any atom is -0.493 e. The monoisotopic (exact) mass is 661 g/mol. The molecule has 0 aliphatic heterocycles.